The molecule has 0 fully saturated rings. The smallest absolute Gasteiger partial charge is 0.139 e. The molecule has 0 aliphatic heterocycles. The molecule has 0 aliphatic carbocycles. The Morgan fingerprint density at radius 1 is 1.33 bits per heavy atom. The van der Waals surface area contributed by atoms with Crippen molar-refractivity contribution in [3.8, 4) is 0 Å². The number of rotatable bonds is 4. The first-order chi connectivity index (χ1) is 5.30. The van der Waals surface area contributed by atoms with Crippen molar-refractivity contribution in [2.45, 2.75) is 31.0 Å². The summed E-state index contributed by atoms with van der Waals surface area (Å²) in [4.78, 5) is 0. The van der Waals surface area contributed by atoms with E-state index in [1.807, 2.05) is 0 Å². The highest BCUT2D eigenvalue weighted by atomic mass is 16.4. The lowest BCUT2D eigenvalue weighted by molar-refractivity contribution is -0.149. The molecule has 0 aliphatic rings. The van der Waals surface area contributed by atoms with Crippen LogP contribution in [0, 0.1) is 0 Å². The van der Waals surface area contributed by atoms with Gasteiger partial charge in [-0.2, -0.15) is 0 Å². The second-order valence-corrected chi connectivity index (χ2v) is 2.91. The van der Waals surface area contributed by atoms with Crippen molar-refractivity contribution in [1.82, 2.24) is 0 Å². The van der Waals surface area contributed by atoms with Gasteiger partial charge in [0.1, 0.15) is 24.0 Å². The molecular weight excluding hydrogens is 166 g/mol. The second-order valence-electron chi connectivity index (χ2n) is 2.91. The normalized spacial score (nSPS) is 24.2. The van der Waals surface area contributed by atoms with Crippen molar-refractivity contribution >= 4 is 0 Å². The van der Waals surface area contributed by atoms with Gasteiger partial charge in [0.25, 0.3) is 0 Å². The van der Waals surface area contributed by atoms with Gasteiger partial charge < -0.3 is 31.3 Å². The fourth-order valence-electron chi connectivity index (χ4n) is 0.664. The van der Waals surface area contributed by atoms with Crippen molar-refractivity contribution in [2.24, 2.45) is 5.73 Å². The number of nitrogens with two attached hydrogens (primary N) is 1. The maximum Gasteiger partial charge on any atom is 0.139 e. The molecule has 0 aromatic heterocycles. The molecule has 0 unspecified atom stereocenters. The summed E-state index contributed by atoms with van der Waals surface area (Å²) < 4.78 is 0. The van der Waals surface area contributed by atoms with Crippen LogP contribution < -0.4 is 5.73 Å². The molecule has 0 saturated heterocycles. The van der Waals surface area contributed by atoms with Crippen LogP contribution in [0.4, 0.5) is 0 Å². The monoisotopic (exact) mass is 181 g/mol. The molecule has 0 bridgehead atoms. The lowest BCUT2D eigenvalue weighted by Gasteiger charge is -2.30. The van der Waals surface area contributed by atoms with Gasteiger partial charge in [0.05, 0.1) is 6.61 Å². The van der Waals surface area contributed by atoms with Crippen molar-refractivity contribution in [3.05, 3.63) is 0 Å². The van der Waals surface area contributed by atoms with Gasteiger partial charge in [-0.3, -0.25) is 0 Å². The summed E-state index contributed by atoms with van der Waals surface area (Å²) in [6.07, 6.45) is -4.90. The van der Waals surface area contributed by atoms with Gasteiger partial charge >= 0.3 is 0 Å². The van der Waals surface area contributed by atoms with E-state index in [4.69, 9.17) is 31.3 Å². The predicted octanol–water partition coefficient (Wildman–Crippen LogP) is -3.27. The fraction of sp³-hybridized carbons (Fsp3) is 1.00. The molecule has 6 heteroatoms. The number of hydrogen-bond acceptors (Lipinski definition) is 6. The average molecular weight is 181 g/mol. The van der Waals surface area contributed by atoms with E-state index in [0.29, 0.717) is 0 Å². The molecule has 0 rings (SSSR count). The summed E-state index contributed by atoms with van der Waals surface area (Å²) in [5.41, 5.74) is 3.02. The Morgan fingerprint density at radius 3 is 2.00 bits per heavy atom. The van der Waals surface area contributed by atoms with Crippen LogP contribution in [0.25, 0.3) is 0 Å². The van der Waals surface area contributed by atoms with E-state index in [9.17, 15) is 0 Å². The molecule has 0 aromatic carbocycles. The van der Waals surface area contributed by atoms with Gasteiger partial charge in [-0.25, -0.2) is 0 Å². The number of aliphatic hydroxyl groups excluding tert-OH is 4. The number of hydrogen-bond donors (Lipinski definition) is 6. The van der Waals surface area contributed by atoms with Crippen molar-refractivity contribution < 1.29 is 25.5 Å². The van der Waals surface area contributed by atoms with Gasteiger partial charge in [0.2, 0.25) is 0 Å². The lowest BCUT2D eigenvalue weighted by Crippen LogP contribution is -2.57. The molecule has 0 amide bonds. The maximum atomic E-state index is 9.06. The van der Waals surface area contributed by atoms with E-state index in [-0.39, 0.29) is 0 Å². The van der Waals surface area contributed by atoms with E-state index in [1.165, 1.54) is 0 Å². The third-order valence-corrected chi connectivity index (χ3v) is 1.50. The van der Waals surface area contributed by atoms with E-state index < -0.39 is 30.6 Å². The zero-order chi connectivity index (χ0) is 9.94. The third kappa shape index (κ3) is 3.02. The van der Waals surface area contributed by atoms with Gasteiger partial charge in [0, 0.05) is 0 Å². The first-order valence-electron chi connectivity index (χ1n) is 3.47. The average Bonchev–Trinajstić information content (AvgIpc) is 1.98. The van der Waals surface area contributed by atoms with Crippen LogP contribution in [0.2, 0.25) is 0 Å². The van der Waals surface area contributed by atoms with Crippen LogP contribution in [-0.4, -0.2) is 56.2 Å². The Balaban J connectivity index is 4.19. The Bertz CT molecular complexity index is 134. The fourth-order valence-corrected chi connectivity index (χ4v) is 0.664. The highest BCUT2D eigenvalue weighted by Crippen LogP contribution is 2.09. The predicted molar refractivity (Wildman–Crippen MR) is 39.9 cm³/mol. The first kappa shape index (κ1) is 11.8. The Labute approximate surface area is 69.9 Å². The summed E-state index contributed by atoms with van der Waals surface area (Å²) in [7, 11) is 0. The molecule has 0 heterocycles. The molecule has 0 radical (unpaired) electrons. The number of aliphatic hydroxyl groups is 5. The minimum absolute atomic E-state index is 0.714. The van der Waals surface area contributed by atoms with Crippen LogP contribution in [0.15, 0.2) is 0 Å². The molecule has 4 atom stereocenters. The largest absolute Gasteiger partial charge is 0.394 e. The molecule has 0 aromatic rings. The molecule has 6 nitrogen and oxygen atoms in total. The van der Waals surface area contributed by atoms with E-state index >= 15 is 0 Å². The quantitative estimate of drug-likeness (QED) is 0.253. The molecule has 0 spiro atoms. The molecule has 0 saturated carbocycles. The van der Waals surface area contributed by atoms with Crippen LogP contribution >= 0.6 is 0 Å². The summed E-state index contributed by atoms with van der Waals surface area (Å²) in [5.74, 6) is 0. The standard InChI is InChI=1S/C6H15NO5/c1-6(7,12)5(11)4(10)3(9)2-8/h3-5,8-12H,2,7H2,1H3/t3-,4+,5+,6+/m1/s1. The highest BCUT2D eigenvalue weighted by molar-refractivity contribution is 4.85. The maximum absolute atomic E-state index is 9.06. The Hall–Kier alpha value is -0.240. The van der Waals surface area contributed by atoms with Gasteiger partial charge in [0.15, 0.2) is 0 Å². The summed E-state index contributed by atoms with van der Waals surface area (Å²) in [6, 6.07) is 0. The summed E-state index contributed by atoms with van der Waals surface area (Å²) in [5, 5.41) is 44.3. The first-order valence-corrected chi connectivity index (χ1v) is 3.47. The topological polar surface area (TPSA) is 127 Å². The van der Waals surface area contributed by atoms with Crippen LogP contribution in [-0.2, 0) is 0 Å². The van der Waals surface area contributed by atoms with Crippen LogP contribution in [0.3, 0.4) is 0 Å². The van der Waals surface area contributed by atoms with Gasteiger partial charge in [-0.15, -0.1) is 0 Å². The molecule has 74 valence electrons. The van der Waals surface area contributed by atoms with Crippen LogP contribution in [0.1, 0.15) is 6.92 Å². The lowest BCUT2D eigenvalue weighted by atomic mass is 10.0. The molecule has 12 heavy (non-hydrogen) atoms. The SMILES string of the molecule is C[C@](N)(O)[C@@H](O)[C@@H](O)[C@H](O)CO. The minimum Gasteiger partial charge on any atom is -0.394 e. The van der Waals surface area contributed by atoms with Crippen molar-refractivity contribution in [2.75, 3.05) is 6.61 Å². The molecular formula is C6H15NO5. The van der Waals surface area contributed by atoms with Gasteiger partial charge in [-0.1, -0.05) is 0 Å². The summed E-state index contributed by atoms with van der Waals surface area (Å²) in [6.45, 7) is 0.360. The minimum atomic E-state index is -2.00. The van der Waals surface area contributed by atoms with E-state index in [0.717, 1.165) is 6.92 Å². The van der Waals surface area contributed by atoms with E-state index in [1.54, 1.807) is 0 Å². The zero-order valence-corrected chi connectivity index (χ0v) is 6.75. The second kappa shape index (κ2) is 4.13. The summed E-state index contributed by atoms with van der Waals surface area (Å²) >= 11 is 0. The van der Waals surface area contributed by atoms with Crippen molar-refractivity contribution in [1.29, 1.82) is 0 Å². The zero-order valence-electron chi connectivity index (χ0n) is 6.75. The van der Waals surface area contributed by atoms with E-state index in [2.05, 4.69) is 0 Å². The van der Waals surface area contributed by atoms with Gasteiger partial charge in [-0.05, 0) is 6.92 Å². The third-order valence-electron chi connectivity index (χ3n) is 1.50. The van der Waals surface area contributed by atoms with Crippen LogP contribution in [0.5, 0.6) is 0 Å². The Morgan fingerprint density at radius 2 is 1.75 bits per heavy atom. The molecule has 7 N–H and O–H groups in total. The Kier molecular flexibility index (Phi) is 4.04. The van der Waals surface area contributed by atoms with Crippen molar-refractivity contribution in [3.63, 3.8) is 0 Å². The highest BCUT2D eigenvalue weighted by Gasteiger charge is 2.35.